The topological polar surface area (TPSA) is 61.4 Å². The van der Waals surface area contributed by atoms with Crippen molar-refractivity contribution >= 4 is 28.9 Å². The molecule has 2 aromatic carbocycles. The van der Waals surface area contributed by atoms with Crippen molar-refractivity contribution in [3.05, 3.63) is 54.1 Å². The van der Waals surface area contributed by atoms with Crippen LogP contribution >= 0.6 is 0 Å². The van der Waals surface area contributed by atoms with Crippen LogP contribution < -0.4 is 15.5 Å². The molecule has 1 atom stereocenters. The van der Waals surface area contributed by atoms with Crippen LogP contribution in [0.2, 0.25) is 0 Å². The highest BCUT2D eigenvalue weighted by Crippen LogP contribution is 2.33. The highest BCUT2D eigenvalue weighted by atomic mass is 16.2. The lowest BCUT2D eigenvalue weighted by atomic mass is 9.90. The summed E-state index contributed by atoms with van der Waals surface area (Å²) in [5.41, 5.74) is 3.56. The van der Waals surface area contributed by atoms with Gasteiger partial charge in [-0.2, -0.15) is 0 Å². The first kappa shape index (κ1) is 16.6. The number of hydrogen-bond acceptors (Lipinski definition) is 3. The molecule has 2 aliphatic rings. The summed E-state index contributed by atoms with van der Waals surface area (Å²) in [5, 5.41) is 5.79. The summed E-state index contributed by atoms with van der Waals surface area (Å²) in [5.74, 6) is -0.718. The van der Waals surface area contributed by atoms with Crippen molar-refractivity contribution in [2.24, 2.45) is 0 Å². The maximum absolute atomic E-state index is 12.8. The van der Waals surface area contributed by atoms with Crippen LogP contribution in [-0.2, 0) is 9.59 Å². The van der Waals surface area contributed by atoms with E-state index in [1.54, 1.807) is 0 Å². The van der Waals surface area contributed by atoms with Crippen LogP contribution in [0.25, 0.3) is 0 Å². The first-order valence-electron chi connectivity index (χ1n) is 9.25. The van der Waals surface area contributed by atoms with Gasteiger partial charge >= 0.3 is 0 Å². The summed E-state index contributed by atoms with van der Waals surface area (Å²) in [6, 6.07) is 15.5. The van der Waals surface area contributed by atoms with Crippen LogP contribution in [0.4, 0.5) is 17.1 Å². The summed E-state index contributed by atoms with van der Waals surface area (Å²) in [7, 11) is 0. The van der Waals surface area contributed by atoms with Gasteiger partial charge in [-0.05, 0) is 55.2 Å². The van der Waals surface area contributed by atoms with Crippen LogP contribution in [-0.4, -0.2) is 24.9 Å². The number of nitrogens with zero attached hydrogens (tertiary/aromatic N) is 1. The molecule has 26 heavy (non-hydrogen) atoms. The fraction of sp³-hybridized carbons (Fsp3) is 0.333. The van der Waals surface area contributed by atoms with E-state index in [2.05, 4.69) is 27.7 Å². The van der Waals surface area contributed by atoms with Gasteiger partial charge in [0.05, 0.1) is 5.92 Å². The third-order valence-electron chi connectivity index (χ3n) is 5.17. The molecule has 0 radical (unpaired) electrons. The Hall–Kier alpha value is -2.82. The minimum Gasteiger partial charge on any atom is -0.372 e. The van der Waals surface area contributed by atoms with Crippen LogP contribution in [0, 0.1) is 0 Å². The Morgan fingerprint density at radius 2 is 1.73 bits per heavy atom. The molecule has 134 valence electrons. The second-order valence-corrected chi connectivity index (χ2v) is 6.98. The average Bonchev–Trinajstić information content (AvgIpc) is 2.68. The molecule has 2 amide bonds. The Balaban J connectivity index is 1.47. The van der Waals surface area contributed by atoms with Gasteiger partial charge in [0.2, 0.25) is 11.8 Å². The van der Waals surface area contributed by atoms with E-state index in [4.69, 9.17) is 0 Å². The van der Waals surface area contributed by atoms with Gasteiger partial charge in [0, 0.05) is 36.6 Å². The minimum atomic E-state index is -0.457. The summed E-state index contributed by atoms with van der Waals surface area (Å²) in [6.45, 7) is 2.19. The minimum absolute atomic E-state index is 0.121. The van der Waals surface area contributed by atoms with Gasteiger partial charge in [-0.1, -0.05) is 18.2 Å². The van der Waals surface area contributed by atoms with E-state index in [1.165, 1.54) is 24.9 Å². The van der Waals surface area contributed by atoms with Gasteiger partial charge < -0.3 is 15.5 Å². The van der Waals surface area contributed by atoms with Crippen molar-refractivity contribution in [1.29, 1.82) is 0 Å². The number of nitrogens with one attached hydrogen (secondary N) is 2. The van der Waals surface area contributed by atoms with Gasteiger partial charge in [0.15, 0.2) is 0 Å². The third kappa shape index (κ3) is 3.43. The lowest BCUT2D eigenvalue weighted by Gasteiger charge is -2.29. The van der Waals surface area contributed by atoms with Crippen molar-refractivity contribution in [1.82, 2.24) is 0 Å². The monoisotopic (exact) mass is 349 g/mol. The summed E-state index contributed by atoms with van der Waals surface area (Å²) < 4.78 is 0. The number of para-hydroxylation sites is 1. The molecule has 0 saturated carbocycles. The lowest BCUT2D eigenvalue weighted by Crippen LogP contribution is -2.31. The quantitative estimate of drug-likeness (QED) is 0.887. The van der Waals surface area contributed by atoms with E-state index < -0.39 is 5.92 Å². The van der Waals surface area contributed by atoms with Gasteiger partial charge in [0.1, 0.15) is 0 Å². The highest BCUT2D eigenvalue weighted by molar-refractivity contribution is 6.05. The molecule has 0 bridgehead atoms. The Morgan fingerprint density at radius 1 is 1.00 bits per heavy atom. The van der Waals surface area contributed by atoms with Crippen molar-refractivity contribution < 1.29 is 9.59 Å². The Bertz CT molecular complexity index is 810. The Kier molecular flexibility index (Phi) is 4.61. The normalized spacial score (nSPS) is 19.5. The maximum Gasteiger partial charge on any atom is 0.232 e. The maximum atomic E-state index is 12.8. The Labute approximate surface area is 153 Å². The summed E-state index contributed by atoms with van der Waals surface area (Å²) in [4.78, 5) is 27.1. The molecular formula is C21H23N3O2. The van der Waals surface area contributed by atoms with E-state index in [0.717, 1.165) is 30.0 Å². The fourth-order valence-electron chi connectivity index (χ4n) is 3.78. The van der Waals surface area contributed by atoms with Gasteiger partial charge in [-0.3, -0.25) is 9.59 Å². The van der Waals surface area contributed by atoms with Crippen molar-refractivity contribution in [3.63, 3.8) is 0 Å². The number of rotatable bonds is 3. The number of benzene rings is 2. The van der Waals surface area contributed by atoms with Crippen molar-refractivity contribution in [2.45, 2.75) is 31.6 Å². The lowest BCUT2D eigenvalue weighted by molar-refractivity contribution is -0.123. The zero-order valence-electron chi connectivity index (χ0n) is 14.7. The fourth-order valence-corrected chi connectivity index (χ4v) is 3.78. The number of carbonyl (C=O) groups excluding carboxylic acids is 2. The molecule has 1 unspecified atom stereocenters. The zero-order valence-corrected chi connectivity index (χ0v) is 14.7. The zero-order chi connectivity index (χ0) is 17.9. The van der Waals surface area contributed by atoms with Crippen LogP contribution in [0.1, 0.15) is 37.2 Å². The SMILES string of the molecule is O=C1CC(C(=O)Nc2ccc(N3CCCCC3)cc2)c2ccccc2N1. The van der Waals surface area contributed by atoms with Gasteiger partial charge in [0.25, 0.3) is 0 Å². The molecule has 0 spiro atoms. The molecule has 2 heterocycles. The molecule has 2 aliphatic heterocycles. The first-order chi connectivity index (χ1) is 12.7. The molecule has 0 aromatic heterocycles. The van der Waals surface area contributed by atoms with E-state index in [9.17, 15) is 9.59 Å². The Morgan fingerprint density at radius 3 is 2.50 bits per heavy atom. The smallest absolute Gasteiger partial charge is 0.232 e. The van der Waals surface area contributed by atoms with Gasteiger partial charge in [-0.15, -0.1) is 0 Å². The number of amides is 2. The molecule has 5 nitrogen and oxygen atoms in total. The van der Waals surface area contributed by atoms with Crippen molar-refractivity contribution in [3.8, 4) is 0 Å². The van der Waals surface area contributed by atoms with Gasteiger partial charge in [-0.25, -0.2) is 0 Å². The van der Waals surface area contributed by atoms with E-state index in [1.807, 2.05) is 36.4 Å². The number of anilines is 3. The average molecular weight is 349 g/mol. The number of fused-ring (bicyclic) bond motifs is 1. The molecule has 0 aliphatic carbocycles. The molecule has 2 N–H and O–H groups in total. The molecular weight excluding hydrogens is 326 g/mol. The second kappa shape index (κ2) is 7.20. The molecule has 2 aromatic rings. The van der Waals surface area contributed by atoms with Crippen LogP contribution in [0.5, 0.6) is 0 Å². The standard InChI is InChI=1S/C21H23N3O2/c25-20-14-18(17-6-2-3-7-19(17)23-20)21(26)22-15-8-10-16(11-9-15)24-12-4-1-5-13-24/h2-3,6-11,18H,1,4-5,12-14H2,(H,22,26)(H,23,25). The summed E-state index contributed by atoms with van der Waals surface area (Å²) >= 11 is 0. The van der Waals surface area contributed by atoms with E-state index >= 15 is 0 Å². The molecule has 1 fully saturated rings. The number of piperidine rings is 1. The van der Waals surface area contributed by atoms with Crippen LogP contribution in [0.3, 0.4) is 0 Å². The van der Waals surface area contributed by atoms with E-state index in [0.29, 0.717) is 0 Å². The first-order valence-corrected chi connectivity index (χ1v) is 9.25. The number of carbonyl (C=O) groups is 2. The van der Waals surface area contributed by atoms with Crippen LogP contribution in [0.15, 0.2) is 48.5 Å². The largest absolute Gasteiger partial charge is 0.372 e. The van der Waals surface area contributed by atoms with E-state index in [-0.39, 0.29) is 18.2 Å². The highest BCUT2D eigenvalue weighted by Gasteiger charge is 2.30. The molecule has 5 heteroatoms. The predicted octanol–water partition coefficient (Wildman–Crippen LogP) is 3.74. The molecule has 4 rings (SSSR count). The third-order valence-corrected chi connectivity index (χ3v) is 5.17. The predicted molar refractivity (Wildman–Crippen MR) is 104 cm³/mol. The number of hydrogen-bond donors (Lipinski definition) is 2. The second-order valence-electron chi connectivity index (χ2n) is 6.98. The van der Waals surface area contributed by atoms with Crippen molar-refractivity contribution in [2.75, 3.05) is 28.6 Å². The summed E-state index contributed by atoms with van der Waals surface area (Å²) in [6.07, 6.45) is 3.96. The molecule has 1 saturated heterocycles.